The van der Waals surface area contributed by atoms with Gasteiger partial charge < -0.3 is 11.1 Å². The maximum Gasteiger partial charge on any atom is 0.248 e. The third-order valence-corrected chi connectivity index (χ3v) is 4.29. The fraction of sp³-hybridized carbons (Fsp3) is 0.353. The summed E-state index contributed by atoms with van der Waals surface area (Å²) in [4.78, 5) is 12.4. The number of amides is 1. The molecule has 2 aromatic rings. The smallest absolute Gasteiger partial charge is 0.248 e. The van der Waals surface area contributed by atoms with Crippen molar-refractivity contribution in [1.82, 2.24) is 5.32 Å². The molecule has 0 radical (unpaired) electrons. The molecule has 1 aromatic heterocycles. The van der Waals surface area contributed by atoms with Crippen LogP contribution in [0.1, 0.15) is 35.5 Å². The first-order chi connectivity index (χ1) is 10.1. The Labute approximate surface area is 130 Å². The molecule has 0 fully saturated rings. The minimum atomic E-state index is -0.387. The van der Waals surface area contributed by atoms with Crippen molar-refractivity contribution in [2.75, 3.05) is 6.54 Å². The largest absolute Gasteiger partial charge is 0.366 e. The summed E-state index contributed by atoms with van der Waals surface area (Å²) in [5.41, 5.74) is 8.10. The Bertz CT molecular complexity index is 587. The van der Waals surface area contributed by atoms with Gasteiger partial charge in [-0.05, 0) is 53.6 Å². The maximum atomic E-state index is 11.1. The summed E-state index contributed by atoms with van der Waals surface area (Å²) >= 11 is 1.76. The Morgan fingerprint density at radius 2 is 1.95 bits per heavy atom. The van der Waals surface area contributed by atoms with Crippen LogP contribution in [0, 0.1) is 5.92 Å². The quantitative estimate of drug-likeness (QED) is 0.767. The fourth-order valence-corrected chi connectivity index (χ4v) is 2.92. The number of carbonyl (C=O) groups excluding carboxylic acids is 1. The highest BCUT2D eigenvalue weighted by atomic mass is 32.1. The summed E-state index contributed by atoms with van der Waals surface area (Å²) in [6.45, 7) is 6.44. The molecule has 0 spiro atoms. The number of hydrogen-bond acceptors (Lipinski definition) is 3. The highest BCUT2D eigenvalue weighted by Gasteiger charge is 2.04. The van der Waals surface area contributed by atoms with E-state index in [1.807, 2.05) is 12.1 Å². The number of hydrogen-bond donors (Lipinski definition) is 2. The van der Waals surface area contributed by atoms with E-state index >= 15 is 0 Å². The predicted molar refractivity (Wildman–Crippen MR) is 89.4 cm³/mol. The van der Waals surface area contributed by atoms with Gasteiger partial charge >= 0.3 is 0 Å². The number of carbonyl (C=O) groups is 1. The van der Waals surface area contributed by atoms with E-state index in [-0.39, 0.29) is 5.91 Å². The average molecular weight is 302 g/mol. The SMILES string of the molecule is CC(C)CCNCc1cc(-c2ccc(C(N)=O)cc2)cs1. The summed E-state index contributed by atoms with van der Waals surface area (Å²) in [6, 6.07) is 9.63. The Morgan fingerprint density at radius 3 is 2.57 bits per heavy atom. The van der Waals surface area contributed by atoms with Gasteiger partial charge in [0.25, 0.3) is 0 Å². The third-order valence-electron chi connectivity index (χ3n) is 3.35. The lowest BCUT2D eigenvalue weighted by atomic mass is 10.1. The molecule has 0 unspecified atom stereocenters. The van der Waals surface area contributed by atoms with Gasteiger partial charge in [-0.1, -0.05) is 26.0 Å². The summed E-state index contributed by atoms with van der Waals surface area (Å²) < 4.78 is 0. The maximum absolute atomic E-state index is 11.1. The zero-order valence-electron chi connectivity index (χ0n) is 12.6. The number of rotatable bonds is 7. The average Bonchev–Trinajstić information content (AvgIpc) is 2.92. The van der Waals surface area contributed by atoms with Crippen LogP contribution >= 0.6 is 11.3 Å². The van der Waals surface area contributed by atoms with Gasteiger partial charge in [0.05, 0.1) is 0 Å². The van der Waals surface area contributed by atoms with E-state index in [1.54, 1.807) is 23.5 Å². The molecule has 0 saturated carbocycles. The van der Waals surface area contributed by atoms with Gasteiger partial charge in [0.1, 0.15) is 0 Å². The Kier molecular flexibility index (Phi) is 5.53. The Morgan fingerprint density at radius 1 is 1.24 bits per heavy atom. The summed E-state index contributed by atoms with van der Waals surface area (Å²) in [5.74, 6) is 0.349. The van der Waals surface area contributed by atoms with Crippen LogP contribution in [0.15, 0.2) is 35.7 Å². The van der Waals surface area contributed by atoms with Crippen LogP contribution in [0.5, 0.6) is 0 Å². The second-order valence-corrected chi connectivity index (χ2v) is 6.60. The minimum Gasteiger partial charge on any atom is -0.366 e. The lowest BCUT2D eigenvalue weighted by molar-refractivity contribution is 0.100. The standard InChI is InChI=1S/C17H22N2OS/c1-12(2)7-8-19-10-16-9-15(11-21-16)13-3-5-14(6-4-13)17(18)20/h3-6,9,11-12,19H,7-8,10H2,1-2H3,(H2,18,20). The van der Waals surface area contributed by atoms with E-state index in [1.165, 1.54) is 16.9 Å². The molecular formula is C17H22N2OS. The molecular weight excluding hydrogens is 280 g/mol. The second-order valence-electron chi connectivity index (χ2n) is 5.60. The van der Waals surface area contributed by atoms with Gasteiger partial charge in [-0.3, -0.25) is 4.79 Å². The normalized spacial score (nSPS) is 11.0. The number of nitrogens with one attached hydrogen (secondary N) is 1. The predicted octanol–water partition coefficient (Wildman–Crippen LogP) is 3.65. The first-order valence-electron chi connectivity index (χ1n) is 7.24. The molecule has 0 aliphatic carbocycles. The van der Waals surface area contributed by atoms with Crippen LogP contribution in [-0.4, -0.2) is 12.5 Å². The van der Waals surface area contributed by atoms with Crippen molar-refractivity contribution in [3.63, 3.8) is 0 Å². The molecule has 0 aliphatic rings. The first kappa shape index (κ1) is 15.7. The van der Waals surface area contributed by atoms with Gasteiger partial charge in [-0.2, -0.15) is 0 Å². The summed E-state index contributed by atoms with van der Waals surface area (Å²) in [7, 11) is 0. The number of primary amides is 1. The monoisotopic (exact) mass is 302 g/mol. The molecule has 0 aliphatic heterocycles. The van der Waals surface area contributed by atoms with Crippen LogP contribution < -0.4 is 11.1 Å². The van der Waals surface area contributed by atoms with Crippen molar-refractivity contribution in [2.24, 2.45) is 11.7 Å². The third kappa shape index (κ3) is 4.69. The first-order valence-corrected chi connectivity index (χ1v) is 8.12. The van der Waals surface area contributed by atoms with Crippen molar-refractivity contribution >= 4 is 17.2 Å². The summed E-state index contributed by atoms with van der Waals surface area (Å²) in [6.07, 6.45) is 1.20. The van der Waals surface area contributed by atoms with Gasteiger partial charge in [0.2, 0.25) is 5.91 Å². The topological polar surface area (TPSA) is 55.1 Å². The number of benzene rings is 1. The zero-order valence-corrected chi connectivity index (χ0v) is 13.4. The molecule has 3 nitrogen and oxygen atoms in total. The molecule has 1 heterocycles. The highest BCUT2D eigenvalue weighted by molar-refractivity contribution is 7.10. The molecule has 2 rings (SSSR count). The van der Waals surface area contributed by atoms with E-state index in [0.29, 0.717) is 5.56 Å². The molecule has 1 amide bonds. The lowest BCUT2D eigenvalue weighted by Gasteiger charge is -2.05. The van der Waals surface area contributed by atoms with E-state index in [2.05, 4.69) is 30.6 Å². The summed E-state index contributed by atoms with van der Waals surface area (Å²) in [5, 5.41) is 5.62. The minimum absolute atomic E-state index is 0.387. The van der Waals surface area contributed by atoms with Crippen molar-refractivity contribution < 1.29 is 4.79 Å². The van der Waals surface area contributed by atoms with Crippen LogP contribution in [0.25, 0.3) is 11.1 Å². The zero-order chi connectivity index (χ0) is 15.2. The van der Waals surface area contributed by atoms with Crippen LogP contribution in [0.3, 0.4) is 0 Å². The molecule has 3 N–H and O–H groups in total. The Balaban J connectivity index is 1.94. The van der Waals surface area contributed by atoms with Crippen LogP contribution in [-0.2, 0) is 6.54 Å². The number of nitrogens with two attached hydrogens (primary N) is 1. The molecule has 112 valence electrons. The Hall–Kier alpha value is -1.65. The van der Waals surface area contributed by atoms with Gasteiger partial charge in [-0.15, -0.1) is 11.3 Å². The number of thiophene rings is 1. The van der Waals surface area contributed by atoms with Gasteiger partial charge in [0.15, 0.2) is 0 Å². The molecule has 1 aromatic carbocycles. The molecule has 0 saturated heterocycles. The lowest BCUT2D eigenvalue weighted by Crippen LogP contribution is -2.15. The molecule has 21 heavy (non-hydrogen) atoms. The van der Waals surface area contributed by atoms with E-state index < -0.39 is 0 Å². The van der Waals surface area contributed by atoms with Crippen LogP contribution in [0.4, 0.5) is 0 Å². The van der Waals surface area contributed by atoms with E-state index in [9.17, 15) is 4.79 Å². The van der Waals surface area contributed by atoms with E-state index in [0.717, 1.165) is 24.6 Å². The van der Waals surface area contributed by atoms with Crippen molar-refractivity contribution in [2.45, 2.75) is 26.8 Å². The van der Waals surface area contributed by atoms with E-state index in [4.69, 9.17) is 5.73 Å². The fourth-order valence-electron chi connectivity index (χ4n) is 2.05. The highest BCUT2D eigenvalue weighted by Crippen LogP contribution is 2.25. The molecule has 0 bridgehead atoms. The van der Waals surface area contributed by atoms with Crippen molar-refractivity contribution in [3.8, 4) is 11.1 Å². The second kappa shape index (κ2) is 7.38. The van der Waals surface area contributed by atoms with Gasteiger partial charge in [-0.25, -0.2) is 0 Å². The molecule has 0 atom stereocenters. The van der Waals surface area contributed by atoms with Crippen molar-refractivity contribution in [3.05, 3.63) is 46.2 Å². The van der Waals surface area contributed by atoms with Crippen LogP contribution in [0.2, 0.25) is 0 Å². The molecule has 4 heteroatoms. The van der Waals surface area contributed by atoms with Gasteiger partial charge in [0, 0.05) is 17.0 Å². The van der Waals surface area contributed by atoms with Crippen molar-refractivity contribution in [1.29, 1.82) is 0 Å².